The van der Waals surface area contributed by atoms with Crippen molar-refractivity contribution in [3.05, 3.63) is 18.3 Å². The molecule has 10 nitrogen and oxygen atoms in total. The van der Waals surface area contributed by atoms with Crippen molar-refractivity contribution in [2.45, 2.75) is 58.5 Å². The molecule has 5 atom stereocenters. The highest BCUT2D eigenvalue weighted by Gasteiger charge is 2.51. The molecule has 0 aromatic carbocycles. The van der Waals surface area contributed by atoms with Crippen molar-refractivity contribution in [2.24, 2.45) is 23.2 Å². The summed E-state index contributed by atoms with van der Waals surface area (Å²) in [7, 11) is 0. The molecule has 0 radical (unpaired) electrons. The molecular weight excluding hydrogens is 441 g/mol. The molecule has 4 N–H and O–H groups in total. The average Bonchev–Trinajstić information content (AvgIpc) is 3.47. The Morgan fingerprint density at radius 3 is 2.74 bits per heavy atom. The van der Waals surface area contributed by atoms with E-state index in [1.54, 1.807) is 4.90 Å². The van der Waals surface area contributed by atoms with E-state index in [0.29, 0.717) is 19.6 Å². The lowest BCUT2D eigenvalue weighted by Crippen LogP contribution is -2.57. The number of carbonyl (C=O) groups excluding carboxylic acids is 3. The van der Waals surface area contributed by atoms with E-state index < -0.39 is 23.4 Å². The average molecular weight is 476 g/mol. The number of hydrogen-bond donors (Lipinski definition) is 4. The molecule has 1 aliphatic carbocycles. The van der Waals surface area contributed by atoms with Crippen LogP contribution in [0.5, 0.6) is 0 Å². The van der Waals surface area contributed by atoms with Gasteiger partial charge in [0.1, 0.15) is 24.2 Å². The largest absolute Gasteiger partial charge is 0.358 e. The molecule has 1 aromatic heterocycles. The van der Waals surface area contributed by atoms with Crippen LogP contribution in [0.4, 0.5) is 10.2 Å². The first-order valence-corrected chi connectivity index (χ1v) is 12.0. The lowest BCUT2D eigenvalue weighted by molar-refractivity contribution is -0.142. The molecule has 1 saturated carbocycles. The van der Waals surface area contributed by atoms with Gasteiger partial charge in [-0.3, -0.25) is 19.8 Å². The Hall–Kier alpha value is -2.82. The van der Waals surface area contributed by atoms with Gasteiger partial charge in [0.2, 0.25) is 17.8 Å². The topological polar surface area (TPSA) is 128 Å². The molecule has 0 unspecified atom stereocenters. The van der Waals surface area contributed by atoms with Crippen LogP contribution in [0.3, 0.4) is 0 Å². The van der Waals surface area contributed by atoms with Crippen molar-refractivity contribution in [2.75, 3.05) is 25.0 Å². The summed E-state index contributed by atoms with van der Waals surface area (Å²) in [6.07, 6.45) is 4.75. The SMILES string of the molecule is CC(C)(C)[C@H](Nc1cc(F)ncn1)C(=O)N1C[C@@H]2CCC[C@@H]2[C@H]1C(=O)NNC[C@@H]1CCNC1=O. The monoisotopic (exact) mass is 475 g/mol. The standard InChI is InChI=1S/C23H34FN7O3/c1-23(2,3)19(29-17-9-16(24)26-12-27-17)22(34)31-11-14-5-4-6-15(14)18(31)21(33)30-28-10-13-7-8-25-20(13)32/h9,12-15,18-19,28H,4-8,10-11H2,1-3H3,(H,25,32)(H,30,33)(H,26,27,29)/t13-,14-,15-,18-,19+/m0/s1. The lowest BCUT2D eigenvalue weighted by atomic mass is 9.85. The molecule has 186 valence electrons. The molecule has 11 heteroatoms. The minimum absolute atomic E-state index is 0.0180. The summed E-state index contributed by atoms with van der Waals surface area (Å²) in [5, 5.41) is 5.85. The van der Waals surface area contributed by atoms with Crippen LogP contribution in [0.15, 0.2) is 12.4 Å². The number of nitrogens with zero attached hydrogens (tertiary/aromatic N) is 3. The van der Waals surface area contributed by atoms with Crippen LogP contribution in [0, 0.1) is 29.1 Å². The van der Waals surface area contributed by atoms with Crippen molar-refractivity contribution < 1.29 is 18.8 Å². The maximum atomic E-state index is 13.8. The van der Waals surface area contributed by atoms with Gasteiger partial charge in [0.25, 0.3) is 5.91 Å². The molecule has 4 rings (SSSR count). The number of nitrogens with one attached hydrogen (secondary N) is 4. The molecule has 34 heavy (non-hydrogen) atoms. The number of halogens is 1. The van der Waals surface area contributed by atoms with Crippen LogP contribution in [-0.4, -0.2) is 64.3 Å². The summed E-state index contributed by atoms with van der Waals surface area (Å²) >= 11 is 0. The van der Waals surface area contributed by atoms with Crippen molar-refractivity contribution >= 4 is 23.5 Å². The third-order valence-electron chi connectivity index (χ3n) is 7.20. The van der Waals surface area contributed by atoms with E-state index in [0.717, 1.165) is 38.1 Å². The van der Waals surface area contributed by atoms with Crippen LogP contribution >= 0.6 is 0 Å². The van der Waals surface area contributed by atoms with E-state index in [4.69, 9.17) is 0 Å². The van der Waals surface area contributed by atoms with Gasteiger partial charge in [-0.1, -0.05) is 27.2 Å². The van der Waals surface area contributed by atoms with Gasteiger partial charge >= 0.3 is 0 Å². The van der Waals surface area contributed by atoms with E-state index in [1.165, 1.54) is 0 Å². The zero-order valence-electron chi connectivity index (χ0n) is 19.9. The quantitative estimate of drug-likeness (QED) is 0.340. The zero-order chi connectivity index (χ0) is 24.5. The summed E-state index contributed by atoms with van der Waals surface area (Å²) < 4.78 is 13.6. The smallest absolute Gasteiger partial charge is 0.257 e. The zero-order valence-corrected chi connectivity index (χ0v) is 19.9. The van der Waals surface area contributed by atoms with Gasteiger partial charge in [0.05, 0.1) is 5.92 Å². The fraction of sp³-hybridized carbons (Fsp3) is 0.696. The Morgan fingerprint density at radius 2 is 2.06 bits per heavy atom. The molecule has 3 fully saturated rings. The van der Waals surface area contributed by atoms with Gasteiger partial charge in [-0.15, -0.1) is 0 Å². The highest BCUT2D eigenvalue weighted by molar-refractivity contribution is 5.92. The summed E-state index contributed by atoms with van der Waals surface area (Å²) in [4.78, 5) is 48.1. The number of anilines is 1. The first-order chi connectivity index (χ1) is 16.1. The highest BCUT2D eigenvalue weighted by atomic mass is 19.1. The maximum absolute atomic E-state index is 13.8. The van der Waals surface area contributed by atoms with Crippen LogP contribution in [-0.2, 0) is 14.4 Å². The maximum Gasteiger partial charge on any atom is 0.257 e. The summed E-state index contributed by atoms with van der Waals surface area (Å²) in [5.41, 5.74) is 5.14. The third kappa shape index (κ3) is 5.13. The predicted molar refractivity (Wildman–Crippen MR) is 122 cm³/mol. The van der Waals surface area contributed by atoms with Crippen molar-refractivity contribution in [3.8, 4) is 0 Å². The third-order valence-corrected chi connectivity index (χ3v) is 7.20. The Bertz CT molecular complexity index is 937. The molecule has 1 aromatic rings. The van der Waals surface area contributed by atoms with Gasteiger partial charge < -0.3 is 15.5 Å². The molecule has 0 spiro atoms. The number of likely N-dealkylation sites (tertiary alicyclic amines) is 1. The Kier molecular flexibility index (Phi) is 7.01. The first kappa shape index (κ1) is 24.3. The highest BCUT2D eigenvalue weighted by Crippen LogP contribution is 2.43. The molecule has 3 amide bonds. The van der Waals surface area contributed by atoms with Crippen LogP contribution in [0.2, 0.25) is 0 Å². The van der Waals surface area contributed by atoms with Crippen molar-refractivity contribution in [3.63, 3.8) is 0 Å². The Morgan fingerprint density at radius 1 is 1.26 bits per heavy atom. The molecule has 0 bridgehead atoms. The second kappa shape index (κ2) is 9.81. The molecular formula is C23H34FN7O3. The van der Waals surface area contributed by atoms with Crippen LogP contribution < -0.4 is 21.5 Å². The first-order valence-electron chi connectivity index (χ1n) is 12.0. The van der Waals surface area contributed by atoms with Crippen LogP contribution in [0.25, 0.3) is 0 Å². The predicted octanol–water partition coefficient (Wildman–Crippen LogP) is 0.826. The molecule has 3 aliphatic rings. The lowest BCUT2D eigenvalue weighted by Gasteiger charge is -2.36. The fourth-order valence-electron chi connectivity index (χ4n) is 5.42. The number of amides is 3. The van der Waals surface area contributed by atoms with Gasteiger partial charge in [-0.25, -0.2) is 15.4 Å². The second-order valence-corrected chi connectivity index (χ2v) is 10.6. The molecule has 2 saturated heterocycles. The van der Waals surface area contributed by atoms with Crippen molar-refractivity contribution in [1.82, 2.24) is 31.0 Å². The number of hydrogen-bond acceptors (Lipinski definition) is 7. The number of aromatic nitrogens is 2. The number of carbonyl (C=O) groups is 3. The second-order valence-electron chi connectivity index (χ2n) is 10.6. The molecule has 2 aliphatic heterocycles. The van der Waals surface area contributed by atoms with Crippen molar-refractivity contribution in [1.29, 1.82) is 0 Å². The minimum Gasteiger partial charge on any atom is -0.358 e. The van der Waals surface area contributed by atoms with Gasteiger partial charge in [0.15, 0.2) is 0 Å². The Labute approximate surface area is 198 Å². The van der Waals surface area contributed by atoms with E-state index in [-0.39, 0.29) is 41.3 Å². The fourth-order valence-corrected chi connectivity index (χ4v) is 5.42. The summed E-state index contributed by atoms with van der Waals surface area (Å²) in [6, 6.07) is -0.164. The van der Waals surface area contributed by atoms with Gasteiger partial charge in [0, 0.05) is 25.7 Å². The van der Waals surface area contributed by atoms with E-state index in [1.807, 2.05) is 20.8 Å². The normalized spacial score (nSPS) is 27.3. The molecule has 3 heterocycles. The summed E-state index contributed by atoms with van der Waals surface area (Å²) in [5.74, 6) is -0.766. The van der Waals surface area contributed by atoms with E-state index >= 15 is 0 Å². The van der Waals surface area contributed by atoms with E-state index in [9.17, 15) is 18.8 Å². The summed E-state index contributed by atoms with van der Waals surface area (Å²) in [6.45, 7) is 7.25. The number of hydrazine groups is 1. The number of fused-ring (bicyclic) bond motifs is 1. The van der Waals surface area contributed by atoms with E-state index in [2.05, 4.69) is 31.5 Å². The Balaban J connectivity index is 1.49. The minimum atomic E-state index is -0.717. The van der Waals surface area contributed by atoms with Crippen LogP contribution in [0.1, 0.15) is 46.5 Å². The van der Waals surface area contributed by atoms with Gasteiger partial charge in [-0.05, 0) is 36.5 Å². The number of rotatable bonds is 7. The van der Waals surface area contributed by atoms with Gasteiger partial charge in [-0.2, -0.15) is 4.39 Å².